The fraction of sp³-hybridized carbons (Fsp3) is 0.667. The average molecular weight is 162 g/mol. The summed E-state index contributed by atoms with van der Waals surface area (Å²) in [4.78, 5) is 0. The quantitative estimate of drug-likeness (QED) is 0.553. The number of hydrogen-bond acceptors (Lipinski definition) is 0. The van der Waals surface area contributed by atoms with E-state index in [-0.39, 0.29) is 0 Å². The molecule has 0 nitrogen and oxygen atoms in total. The van der Waals surface area contributed by atoms with E-state index in [0.29, 0.717) is 0 Å². The standard InChI is InChI=1S/C12H18/c1-9(2)11-7-3-5-10-6-4-8-12(10)11/h3,5,7,9-10,12H,4,6,8H2,1-2H3. The van der Waals surface area contributed by atoms with Gasteiger partial charge in [0.15, 0.2) is 0 Å². The summed E-state index contributed by atoms with van der Waals surface area (Å²) in [5, 5.41) is 0. The van der Waals surface area contributed by atoms with Gasteiger partial charge in [-0.25, -0.2) is 0 Å². The molecule has 0 spiro atoms. The van der Waals surface area contributed by atoms with Crippen molar-refractivity contribution in [3.63, 3.8) is 0 Å². The van der Waals surface area contributed by atoms with Gasteiger partial charge in [0, 0.05) is 0 Å². The zero-order chi connectivity index (χ0) is 8.55. The van der Waals surface area contributed by atoms with E-state index in [2.05, 4.69) is 32.1 Å². The van der Waals surface area contributed by atoms with Crippen molar-refractivity contribution in [2.24, 2.45) is 17.8 Å². The number of allylic oxidation sites excluding steroid dienone is 4. The van der Waals surface area contributed by atoms with E-state index in [0.717, 1.165) is 17.8 Å². The average Bonchev–Trinajstić information content (AvgIpc) is 2.49. The molecule has 0 amide bonds. The fourth-order valence-corrected chi connectivity index (χ4v) is 2.69. The molecule has 12 heavy (non-hydrogen) atoms. The first-order valence-corrected chi connectivity index (χ1v) is 5.17. The van der Waals surface area contributed by atoms with Gasteiger partial charge in [0.25, 0.3) is 0 Å². The molecule has 0 aromatic carbocycles. The van der Waals surface area contributed by atoms with Crippen LogP contribution in [0.1, 0.15) is 33.1 Å². The van der Waals surface area contributed by atoms with Crippen LogP contribution in [0.2, 0.25) is 0 Å². The van der Waals surface area contributed by atoms with E-state index >= 15 is 0 Å². The maximum Gasteiger partial charge on any atom is -0.0134 e. The third kappa shape index (κ3) is 1.24. The predicted octanol–water partition coefficient (Wildman–Crippen LogP) is 3.55. The second-order valence-corrected chi connectivity index (χ2v) is 4.41. The van der Waals surface area contributed by atoms with Crippen LogP contribution in [0.3, 0.4) is 0 Å². The second-order valence-electron chi connectivity index (χ2n) is 4.41. The van der Waals surface area contributed by atoms with Gasteiger partial charge in [-0.2, -0.15) is 0 Å². The highest BCUT2D eigenvalue weighted by Crippen LogP contribution is 2.42. The van der Waals surface area contributed by atoms with Crippen LogP contribution in [0, 0.1) is 17.8 Å². The predicted molar refractivity (Wildman–Crippen MR) is 52.9 cm³/mol. The zero-order valence-corrected chi connectivity index (χ0v) is 8.09. The zero-order valence-electron chi connectivity index (χ0n) is 8.09. The lowest BCUT2D eigenvalue weighted by Crippen LogP contribution is -2.14. The van der Waals surface area contributed by atoms with E-state index in [9.17, 15) is 0 Å². The summed E-state index contributed by atoms with van der Waals surface area (Å²) in [5.74, 6) is 2.53. The minimum absolute atomic E-state index is 0.751. The number of fused-ring (bicyclic) bond motifs is 1. The van der Waals surface area contributed by atoms with Gasteiger partial charge in [0.1, 0.15) is 0 Å². The molecule has 0 aromatic rings. The molecular weight excluding hydrogens is 144 g/mol. The van der Waals surface area contributed by atoms with Gasteiger partial charge in [-0.05, 0) is 30.6 Å². The van der Waals surface area contributed by atoms with E-state index in [1.807, 2.05) is 0 Å². The van der Waals surface area contributed by atoms with Crippen molar-refractivity contribution in [3.05, 3.63) is 23.8 Å². The molecule has 2 aliphatic rings. The highest BCUT2D eigenvalue weighted by Gasteiger charge is 2.30. The van der Waals surface area contributed by atoms with Crippen molar-refractivity contribution in [1.82, 2.24) is 0 Å². The Balaban J connectivity index is 2.21. The summed E-state index contributed by atoms with van der Waals surface area (Å²) < 4.78 is 0. The molecule has 66 valence electrons. The minimum atomic E-state index is 0.751. The summed E-state index contributed by atoms with van der Waals surface area (Å²) in [6, 6.07) is 0. The van der Waals surface area contributed by atoms with Gasteiger partial charge in [-0.3, -0.25) is 0 Å². The molecular formula is C12H18. The van der Waals surface area contributed by atoms with Crippen molar-refractivity contribution < 1.29 is 0 Å². The smallest absolute Gasteiger partial charge is 0.0134 e. The Bertz CT molecular complexity index is 220. The van der Waals surface area contributed by atoms with E-state index in [1.54, 1.807) is 5.57 Å². The Labute approximate surface area is 75.4 Å². The maximum absolute atomic E-state index is 2.41. The molecule has 0 heteroatoms. The van der Waals surface area contributed by atoms with Crippen LogP contribution in [0.15, 0.2) is 23.8 Å². The Morgan fingerprint density at radius 3 is 2.92 bits per heavy atom. The molecule has 0 aliphatic heterocycles. The Kier molecular flexibility index (Phi) is 2.08. The lowest BCUT2D eigenvalue weighted by Gasteiger charge is -2.25. The van der Waals surface area contributed by atoms with Crippen molar-refractivity contribution in [1.29, 1.82) is 0 Å². The molecule has 0 heterocycles. The summed E-state index contributed by atoms with van der Waals surface area (Å²) in [5.41, 5.74) is 1.69. The topological polar surface area (TPSA) is 0 Å². The molecule has 2 atom stereocenters. The maximum atomic E-state index is 2.41. The first-order chi connectivity index (χ1) is 5.79. The van der Waals surface area contributed by atoms with Crippen molar-refractivity contribution >= 4 is 0 Å². The van der Waals surface area contributed by atoms with Crippen LogP contribution in [0.4, 0.5) is 0 Å². The molecule has 1 fully saturated rings. The van der Waals surface area contributed by atoms with Crippen LogP contribution in [-0.2, 0) is 0 Å². The molecule has 0 radical (unpaired) electrons. The van der Waals surface area contributed by atoms with Gasteiger partial charge < -0.3 is 0 Å². The van der Waals surface area contributed by atoms with Crippen LogP contribution >= 0.6 is 0 Å². The highest BCUT2D eigenvalue weighted by atomic mass is 14.3. The van der Waals surface area contributed by atoms with E-state index in [4.69, 9.17) is 0 Å². The van der Waals surface area contributed by atoms with Gasteiger partial charge in [0.2, 0.25) is 0 Å². The summed E-state index contributed by atoms with van der Waals surface area (Å²) in [6.07, 6.45) is 11.3. The Morgan fingerprint density at radius 1 is 1.33 bits per heavy atom. The van der Waals surface area contributed by atoms with Crippen LogP contribution in [0.25, 0.3) is 0 Å². The van der Waals surface area contributed by atoms with Crippen molar-refractivity contribution in [2.45, 2.75) is 33.1 Å². The van der Waals surface area contributed by atoms with Gasteiger partial charge in [-0.1, -0.05) is 44.1 Å². The van der Waals surface area contributed by atoms with Crippen LogP contribution in [-0.4, -0.2) is 0 Å². The molecule has 0 N–H and O–H groups in total. The third-order valence-electron chi connectivity index (χ3n) is 3.31. The normalized spacial score (nSPS) is 33.8. The second kappa shape index (κ2) is 3.08. The first kappa shape index (κ1) is 8.10. The summed E-state index contributed by atoms with van der Waals surface area (Å²) in [7, 11) is 0. The molecule has 2 rings (SSSR count). The monoisotopic (exact) mass is 162 g/mol. The molecule has 1 saturated carbocycles. The molecule has 0 saturated heterocycles. The summed E-state index contributed by atoms with van der Waals surface area (Å²) >= 11 is 0. The Morgan fingerprint density at radius 2 is 2.17 bits per heavy atom. The SMILES string of the molecule is CC(C)C1=CC=CC2CCCC12. The molecule has 0 aromatic heterocycles. The van der Waals surface area contributed by atoms with Crippen LogP contribution in [0.5, 0.6) is 0 Å². The van der Waals surface area contributed by atoms with Crippen molar-refractivity contribution in [3.8, 4) is 0 Å². The minimum Gasteiger partial charge on any atom is -0.0808 e. The summed E-state index contributed by atoms with van der Waals surface area (Å²) in [6.45, 7) is 4.64. The number of rotatable bonds is 1. The largest absolute Gasteiger partial charge is 0.0808 e. The highest BCUT2D eigenvalue weighted by molar-refractivity contribution is 5.25. The third-order valence-corrected chi connectivity index (χ3v) is 3.31. The van der Waals surface area contributed by atoms with Crippen LogP contribution < -0.4 is 0 Å². The molecule has 2 unspecified atom stereocenters. The Hall–Kier alpha value is -0.520. The lowest BCUT2D eigenvalue weighted by atomic mass is 9.80. The number of hydrogen-bond donors (Lipinski definition) is 0. The molecule has 0 bridgehead atoms. The molecule has 2 aliphatic carbocycles. The van der Waals surface area contributed by atoms with Gasteiger partial charge in [0.05, 0.1) is 0 Å². The fourth-order valence-electron chi connectivity index (χ4n) is 2.69. The van der Waals surface area contributed by atoms with E-state index < -0.39 is 0 Å². The lowest BCUT2D eigenvalue weighted by molar-refractivity contribution is 0.475. The first-order valence-electron chi connectivity index (χ1n) is 5.17. The van der Waals surface area contributed by atoms with Gasteiger partial charge in [-0.15, -0.1) is 0 Å². The van der Waals surface area contributed by atoms with Gasteiger partial charge >= 0.3 is 0 Å². The van der Waals surface area contributed by atoms with E-state index in [1.165, 1.54) is 19.3 Å². The van der Waals surface area contributed by atoms with Crippen molar-refractivity contribution in [2.75, 3.05) is 0 Å².